The van der Waals surface area contributed by atoms with Gasteiger partial charge in [-0.1, -0.05) is 0 Å². The van der Waals surface area contributed by atoms with E-state index >= 15 is 0 Å². The van der Waals surface area contributed by atoms with Crippen LogP contribution >= 0.6 is 0 Å². The maximum Gasteiger partial charge on any atom is 0.337 e. The van der Waals surface area contributed by atoms with Crippen molar-refractivity contribution in [2.24, 2.45) is 0 Å². The molecule has 25 heavy (non-hydrogen) atoms. The van der Waals surface area contributed by atoms with Gasteiger partial charge in [0, 0.05) is 26.1 Å². The number of carbonyl (C=O) groups excluding carboxylic acids is 2. The van der Waals surface area contributed by atoms with Crippen molar-refractivity contribution >= 4 is 29.3 Å². The van der Waals surface area contributed by atoms with Crippen LogP contribution in [0.25, 0.3) is 0 Å². The van der Waals surface area contributed by atoms with Gasteiger partial charge < -0.3 is 25.4 Å². The molecule has 0 aliphatic rings. The highest BCUT2D eigenvalue weighted by Crippen LogP contribution is 2.26. The number of nitrogens with zero attached hydrogens (tertiary/aromatic N) is 1. The van der Waals surface area contributed by atoms with Crippen LogP contribution < -0.4 is 15.5 Å². The molecule has 0 fully saturated rings. The lowest BCUT2D eigenvalue weighted by Crippen LogP contribution is -2.45. The van der Waals surface area contributed by atoms with E-state index in [-0.39, 0.29) is 6.42 Å². The minimum atomic E-state index is -0.913. The van der Waals surface area contributed by atoms with Gasteiger partial charge in [0.25, 0.3) is 0 Å². The van der Waals surface area contributed by atoms with Gasteiger partial charge in [-0.3, -0.25) is 4.79 Å². The monoisotopic (exact) mass is 351 g/mol. The summed E-state index contributed by atoms with van der Waals surface area (Å²) in [5.74, 6) is -1.38. The van der Waals surface area contributed by atoms with Gasteiger partial charge in [-0.25, -0.2) is 9.59 Å². The van der Waals surface area contributed by atoms with Crippen molar-refractivity contribution in [2.45, 2.75) is 32.2 Å². The Hall–Kier alpha value is -2.77. The van der Waals surface area contributed by atoms with E-state index in [1.54, 1.807) is 51.0 Å². The fourth-order valence-electron chi connectivity index (χ4n) is 2.20. The van der Waals surface area contributed by atoms with E-state index in [0.717, 1.165) is 0 Å². The number of carbonyl (C=O) groups is 3. The lowest BCUT2D eigenvalue weighted by atomic mass is 9.99. The first-order valence-electron chi connectivity index (χ1n) is 7.76. The molecule has 0 saturated carbocycles. The Morgan fingerprint density at radius 1 is 1.24 bits per heavy atom. The number of methoxy groups -OCH3 is 1. The van der Waals surface area contributed by atoms with Crippen molar-refractivity contribution in [3.63, 3.8) is 0 Å². The van der Waals surface area contributed by atoms with Crippen molar-refractivity contribution in [2.75, 3.05) is 31.4 Å². The van der Waals surface area contributed by atoms with Crippen LogP contribution in [-0.4, -0.2) is 49.8 Å². The molecule has 1 aromatic carbocycles. The number of benzene rings is 1. The molecule has 0 saturated heterocycles. The summed E-state index contributed by atoms with van der Waals surface area (Å²) < 4.78 is 4.70. The molecule has 0 spiro atoms. The average Bonchev–Trinajstić information content (AvgIpc) is 2.51. The van der Waals surface area contributed by atoms with Crippen LogP contribution in [0.15, 0.2) is 18.2 Å². The van der Waals surface area contributed by atoms with Crippen LogP contribution in [0.5, 0.6) is 0 Å². The topological polar surface area (TPSA) is 108 Å². The molecule has 1 rings (SSSR count). The molecule has 0 radical (unpaired) electrons. The number of anilines is 2. The van der Waals surface area contributed by atoms with E-state index < -0.39 is 23.5 Å². The standard InChI is InChI=1S/C17H25N3O5/c1-17(2,9-8-14(21)22)19-16(24)18-12-7-6-11(15(23)25-5)10-13(12)20(3)4/h6-7,10H,8-9H2,1-5H3,(H,21,22)(H2,18,19,24). The largest absolute Gasteiger partial charge is 0.481 e. The van der Waals surface area contributed by atoms with Gasteiger partial charge in [0.05, 0.1) is 24.0 Å². The molecule has 0 aliphatic carbocycles. The normalized spacial score (nSPS) is 10.8. The fourth-order valence-corrected chi connectivity index (χ4v) is 2.20. The second kappa shape index (κ2) is 8.36. The Bertz CT molecular complexity index is 656. The number of hydrogen-bond acceptors (Lipinski definition) is 5. The summed E-state index contributed by atoms with van der Waals surface area (Å²) in [6.45, 7) is 3.51. The Labute approximate surface area is 147 Å². The molecule has 138 valence electrons. The third kappa shape index (κ3) is 6.33. The summed E-state index contributed by atoms with van der Waals surface area (Å²) in [6.07, 6.45) is 0.265. The quantitative estimate of drug-likeness (QED) is 0.651. The third-order valence-corrected chi connectivity index (χ3v) is 3.56. The smallest absolute Gasteiger partial charge is 0.337 e. The Morgan fingerprint density at radius 2 is 1.88 bits per heavy atom. The number of carboxylic acid groups (broad SMARTS) is 1. The van der Waals surface area contributed by atoms with Gasteiger partial charge in [-0.05, 0) is 38.5 Å². The summed E-state index contributed by atoms with van der Waals surface area (Å²) in [5, 5.41) is 14.2. The van der Waals surface area contributed by atoms with Crippen LogP contribution in [0.1, 0.15) is 37.0 Å². The lowest BCUT2D eigenvalue weighted by Gasteiger charge is -2.26. The molecule has 0 unspecified atom stereocenters. The molecule has 8 heteroatoms. The predicted molar refractivity (Wildman–Crippen MR) is 95.2 cm³/mol. The van der Waals surface area contributed by atoms with Crippen LogP contribution in [0.3, 0.4) is 0 Å². The zero-order valence-corrected chi connectivity index (χ0v) is 15.2. The molecular weight excluding hydrogens is 326 g/mol. The first-order chi connectivity index (χ1) is 11.6. The number of carboxylic acids is 1. The number of amides is 2. The number of urea groups is 1. The number of ether oxygens (including phenoxy) is 1. The maximum atomic E-state index is 12.2. The van der Waals surface area contributed by atoms with Gasteiger partial charge in [-0.2, -0.15) is 0 Å². The van der Waals surface area contributed by atoms with Gasteiger partial charge in [0.2, 0.25) is 0 Å². The first-order valence-corrected chi connectivity index (χ1v) is 7.76. The van der Waals surface area contributed by atoms with E-state index in [9.17, 15) is 14.4 Å². The summed E-state index contributed by atoms with van der Waals surface area (Å²) >= 11 is 0. The summed E-state index contributed by atoms with van der Waals surface area (Å²) in [6, 6.07) is 4.34. The van der Waals surface area contributed by atoms with Crippen molar-refractivity contribution < 1.29 is 24.2 Å². The van der Waals surface area contributed by atoms with E-state index in [1.165, 1.54) is 7.11 Å². The van der Waals surface area contributed by atoms with E-state index in [1.807, 2.05) is 0 Å². The van der Waals surface area contributed by atoms with Gasteiger partial charge >= 0.3 is 18.0 Å². The number of aliphatic carboxylic acids is 1. The number of rotatable bonds is 7. The number of esters is 1. The Balaban J connectivity index is 2.89. The van der Waals surface area contributed by atoms with E-state index in [0.29, 0.717) is 23.4 Å². The minimum absolute atomic E-state index is 0.0376. The minimum Gasteiger partial charge on any atom is -0.481 e. The summed E-state index contributed by atoms with van der Waals surface area (Å²) in [4.78, 5) is 36.3. The Morgan fingerprint density at radius 3 is 2.40 bits per heavy atom. The number of hydrogen-bond donors (Lipinski definition) is 3. The van der Waals surface area contributed by atoms with Crippen molar-refractivity contribution in [1.82, 2.24) is 5.32 Å². The fraction of sp³-hybridized carbons (Fsp3) is 0.471. The third-order valence-electron chi connectivity index (χ3n) is 3.56. The molecule has 0 aromatic heterocycles. The molecule has 0 heterocycles. The van der Waals surface area contributed by atoms with Crippen LogP contribution in [0.2, 0.25) is 0 Å². The summed E-state index contributed by atoms with van der Waals surface area (Å²) in [7, 11) is 4.88. The predicted octanol–water partition coefficient (Wildman–Crippen LogP) is 2.30. The van der Waals surface area contributed by atoms with Crippen molar-refractivity contribution in [3.8, 4) is 0 Å². The zero-order valence-electron chi connectivity index (χ0n) is 15.2. The molecule has 2 amide bonds. The zero-order chi connectivity index (χ0) is 19.2. The van der Waals surface area contributed by atoms with Gasteiger partial charge in [-0.15, -0.1) is 0 Å². The van der Waals surface area contributed by atoms with Crippen molar-refractivity contribution in [1.29, 1.82) is 0 Å². The SMILES string of the molecule is COC(=O)c1ccc(NC(=O)NC(C)(C)CCC(=O)O)c(N(C)C)c1. The van der Waals surface area contributed by atoms with Gasteiger partial charge in [0.1, 0.15) is 0 Å². The second-order valence-electron chi connectivity index (χ2n) is 6.47. The Kier molecular flexibility index (Phi) is 6.78. The molecule has 8 nitrogen and oxygen atoms in total. The van der Waals surface area contributed by atoms with Crippen molar-refractivity contribution in [3.05, 3.63) is 23.8 Å². The van der Waals surface area contributed by atoms with Crippen LogP contribution in [0.4, 0.5) is 16.2 Å². The molecule has 0 aliphatic heterocycles. The molecular formula is C17H25N3O5. The van der Waals surface area contributed by atoms with E-state index in [4.69, 9.17) is 9.84 Å². The van der Waals surface area contributed by atoms with E-state index in [2.05, 4.69) is 10.6 Å². The second-order valence-corrected chi connectivity index (χ2v) is 6.47. The van der Waals surface area contributed by atoms with Gasteiger partial charge in [0.15, 0.2) is 0 Å². The molecule has 0 atom stereocenters. The summed E-state index contributed by atoms with van der Waals surface area (Å²) in [5.41, 5.74) is 0.858. The number of nitrogens with one attached hydrogen (secondary N) is 2. The van der Waals surface area contributed by atoms with Crippen LogP contribution in [-0.2, 0) is 9.53 Å². The highest BCUT2D eigenvalue weighted by molar-refractivity contribution is 5.97. The molecule has 3 N–H and O–H groups in total. The highest BCUT2D eigenvalue weighted by Gasteiger charge is 2.22. The lowest BCUT2D eigenvalue weighted by molar-refractivity contribution is -0.137. The first kappa shape index (κ1) is 20.3. The molecule has 1 aromatic rings. The highest BCUT2D eigenvalue weighted by atomic mass is 16.5. The molecule has 0 bridgehead atoms. The van der Waals surface area contributed by atoms with Crippen LogP contribution in [0, 0.1) is 0 Å². The average molecular weight is 351 g/mol. The maximum absolute atomic E-state index is 12.2.